The van der Waals surface area contributed by atoms with Crippen molar-refractivity contribution in [1.29, 1.82) is 0 Å². The summed E-state index contributed by atoms with van der Waals surface area (Å²) in [5, 5.41) is -0.743. The molecule has 5 nitrogen and oxygen atoms in total. The normalized spacial score (nSPS) is 28.1. The third-order valence-electron chi connectivity index (χ3n) is 8.40. The molecule has 0 N–H and O–H groups in total. The van der Waals surface area contributed by atoms with Gasteiger partial charge in [-0.3, -0.25) is 9.36 Å². The van der Waals surface area contributed by atoms with Crippen LogP contribution in [0.4, 0.5) is 0 Å². The molecule has 2 aromatic rings. The monoisotopic (exact) mass is 546 g/mol. The van der Waals surface area contributed by atoms with E-state index in [-0.39, 0.29) is 36.6 Å². The second-order valence-electron chi connectivity index (χ2n) is 11.1. The van der Waals surface area contributed by atoms with Crippen LogP contribution in [-0.4, -0.2) is 30.4 Å². The van der Waals surface area contributed by atoms with Crippen molar-refractivity contribution in [3.05, 3.63) is 70.7 Å². The Morgan fingerprint density at radius 1 is 1.03 bits per heavy atom. The van der Waals surface area contributed by atoms with E-state index in [0.717, 1.165) is 24.8 Å². The average molecular weight is 547 g/mol. The highest BCUT2D eigenvalue weighted by Gasteiger charge is 2.75. The molecule has 2 aliphatic carbocycles. The van der Waals surface area contributed by atoms with E-state index in [1.165, 1.54) is 5.56 Å². The van der Waals surface area contributed by atoms with Gasteiger partial charge in [0.05, 0.1) is 13.2 Å². The Kier molecular flexibility index (Phi) is 8.60. The molecule has 0 amide bonds. The third kappa shape index (κ3) is 5.43. The van der Waals surface area contributed by atoms with Gasteiger partial charge in [-0.2, -0.15) is 0 Å². The van der Waals surface area contributed by atoms with Gasteiger partial charge in [0.1, 0.15) is 6.10 Å². The molecule has 0 unspecified atom stereocenters. The Hall–Kier alpha value is -1.65. The zero-order valence-electron chi connectivity index (χ0n) is 22.6. The molecule has 0 saturated heterocycles. The van der Waals surface area contributed by atoms with Crippen molar-refractivity contribution in [3.63, 3.8) is 0 Å². The predicted octanol–water partition coefficient (Wildman–Crippen LogP) is 8.16. The van der Waals surface area contributed by atoms with Crippen molar-refractivity contribution >= 4 is 25.2 Å². The maximum atomic E-state index is 14.2. The molecule has 4 rings (SSSR count). The molecular weight excluding hydrogens is 507 g/mol. The fourth-order valence-corrected chi connectivity index (χ4v) is 8.75. The van der Waals surface area contributed by atoms with Gasteiger partial charge in [0.25, 0.3) is 0 Å². The number of benzene rings is 2. The minimum atomic E-state index is -3.81. The van der Waals surface area contributed by atoms with E-state index in [0.29, 0.717) is 17.4 Å². The highest BCUT2D eigenvalue weighted by Crippen LogP contribution is 2.77. The summed E-state index contributed by atoms with van der Waals surface area (Å²) in [6.45, 7) is 10.6. The van der Waals surface area contributed by atoms with Crippen LogP contribution in [0.3, 0.4) is 0 Å². The van der Waals surface area contributed by atoms with Crippen LogP contribution in [0.2, 0.25) is 5.02 Å². The van der Waals surface area contributed by atoms with Crippen LogP contribution in [0.5, 0.6) is 0 Å². The largest absolute Gasteiger partial charge is 0.461 e. The number of halogens is 1. The fraction of sp³-hybridized carbons (Fsp3) is 0.567. The molecule has 0 bridgehead atoms. The van der Waals surface area contributed by atoms with E-state index >= 15 is 0 Å². The summed E-state index contributed by atoms with van der Waals surface area (Å²) in [7, 11) is -3.81. The SMILES string of the molecule is CCOP(=O)(OCC)[C@]1(C(=O)O[C@@H]2C[C@H](C)CC[C@H]2C(C)(C)c2ccccc2)C[C@H]1c1ccc(Cl)cc1. The van der Waals surface area contributed by atoms with Crippen LogP contribution in [0.15, 0.2) is 54.6 Å². The third-order valence-corrected chi connectivity index (χ3v) is 11.5. The number of rotatable bonds is 10. The molecule has 2 saturated carbocycles. The van der Waals surface area contributed by atoms with Crippen molar-refractivity contribution in [1.82, 2.24) is 0 Å². The Balaban J connectivity index is 1.68. The smallest absolute Gasteiger partial charge is 0.348 e. The van der Waals surface area contributed by atoms with Gasteiger partial charge in [-0.05, 0) is 67.7 Å². The summed E-state index contributed by atoms with van der Waals surface area (Å²) in [5.41, 5.74) is 1.92. The zero-order chi connectivity index (χ0) is 26.8. The van der Waals surface area contributed by atoms with Gasteiger partial charge >= 0.3 is 13.6 Å². The first-order valence-electron chi connectivity index (χ1n) is 13.5. The van der Waals surface area contributed by atoms with E-state index in [4.69, 9.17) is 25.4 Å². The number of ether oxygens (including phenoxy) is 1. The summed E-state index contributed by atoms with van der Waals surface area (Å²) in [6, 6.07) is 17.8. The average Bonchev–Trinajstić information content (AvgIpc) is 3.63. The van der Waals surface area contributed by atoms with Gasteiger partial charge in [-0.25, -0.2) is 0 Å². The minimum Gasteiger partial charge on any atom is -0.461 e. The Morgan fingerprint density at radius 3 is 2.24 bits per heavy atom. The summed E-state index contributed by atoms with van der Waals surface area (Å²) in [5.74, 6) is -0.208. The van der Waals surface area contributed by atoms with Crippen LogP contribution in [0.25, 0.3) is 0 Å². The fourth-order valence-electron chi connectivity index (χ4n) is 6.19. The van der Waals surface area contributed by atoms with Crippen LogP contribution in [0, 0.1) is 11.8 Å². The minimum absolute atomic E-state index is 0.137. The lowest BCUT2D eigenvalue weighted by Crippen LogP contribution is -2.45. The number of carbonyl (C=O) groups excluding carboxylic acids is 1. The van der Waals surface area contributed by atoms with Gasteiger partial charge in [-0.15, -0.1) is 0 Å². The molecule has 2 aromatic carbocycles. The van der Waals surface area contributed by atoms with Crippen molar-refractivity contribution in [3.8, 4) is 0 Å². The number of esters is 1. The van der Waals surface area contributed by atoms with Gasteiger partial charge in [0.2, 0.25) is 0 Å². The summed E-state index contributed by atoms with van der Waals surface area (Å²) in [6.07, 6.45) is 2.90. The van der Waals surface area contributed by atoms with Gasteiger partial charge in [0.15, 0.2) is 5.16 Å². The molecular formula is C30H40ClO5P. The first kappa shape index (κ1) is 28.4. The van der Waals surface area contributed by atoms with Gasteiger partial charge < -0.3 is 13.8 Å². The molecule has 202 valence electrons. The molecule has 37 heavy (non-hydrogen) atoms. The Morgan fingerprint density at radius 2 is 1.65 bits per heavy atom. The van der Waals surface area contributed by atoms with Crippen LogP contribution in [-0.2, 0) is 28.6 Å². The van der Waals surface area contributed by atoms with Gasteiger partial charge in [-0.1, -0.05) is 81.3 Å². The lowest BCUT2D eigenvalue weighted by atomic mass is 9.64. The molecule has 0 heterocycles. The number of carbonyl (C=O) groups is 1. The second kappa shape index (κ2) is 11.2. The van der Waals surface area contributed by atoms with Crippen molar-refractivity contribution < 1.29 is 23.1 Å². The Bertz CT molecular complexity index is 1110. The molecule has 0 aliphatic heterocycles. The van der Waals surface area contributed by atoms with Gasteiger partial charge in [0, 0.05) is 16.9 Å². The first-order valence-corrected chi connectivity index (χ1v) is 15.4. The molecule has 7 heteroatoms. The summed E-state index contributed by atoms with van der Waals surface area (Å²) in [4.78, 5) is 14.2. The molecule has 0 radical (unpaired) electrons. The maximum Gasteiger partial charge on any atom is 0.348 e. The zero-order valence-corrected chi connectivity index (χ0v) is 24.3. The highest BCUT2D eigenvalue weighted by atomic mass is 35.5. The van der Waals surface area contributed by atoms with E-state index in [9.17, 15) is 9.36 Å². The topological polar surface area (TPSA) is 61.8 Å². The maximum absolute atomic E-state index is 14.2. The van der Waals surface area contributed by atoms with E-state index in [1.54, 1.807) is 26.0 Å². The summed E-state index contributed by atoms with van der Waals surface area (Å²) < 4.78 is 32.2. The predicted molar refractivity (Wildman–Crippen MR) is 148 cm³/mol. The van der Waals surface area contributed by atoms with Crippen LogP contribution >= 0.6 is 19.2 Å². The first-order chi connectivity index (χ1) is 17.6. The molecule has 2 fully saturated rings. The second-order valence-corrected chi connectivity index (χ2v) is 13.9. The Labute approximate surface area is 226 Å². The molecule has 0 spiro atoms. The molecule has 5 atom stereocenters. The number of hydrogen-bond donors (Lipinski definition) is 0. The van der Waals surface area contributed by atoms with Crippen LogP contribution in [0.1, 0.15) is 77.3 Å². The van der Waals surface area contributed by atoms with E-state index < -0.39 is 18.7 Å². The lowest BCUT2D eigenvalue weighted by molar-refractivity contribution is -0.157. The molecule has 2 aliphatic rings. The van der Waals surface area contributed by atoms with Crippen LogP contribution < -0.4 is 0 Å². The standard InChI is InChI=1S/C30H40ClO5P/c1-6-34-37(33,35-7-2)30(20-26(30)22-14-16-24(31)17-15-22)28(32)36-27-19-21(3)13-18-25(27)29(4,5)23-11-9-8-10-12-23/h8-12,14-17,21,25-27H,6-7,13,18-20H2,1-5H3/t21-,25-,26+,27-,30-/m1/s1. The highest BCUT2D eigenvalue weighted by molar-refractivity contribution is 7.57. The quantitative estimate of drug-likeness (QED) is 0.222. The lowest BCUT2D eigenvalue weighted by Gasteiger charge is -2.44. The number of hydrogen-bond acceptors (Lipinski definition) is 5. The van der Waals surface area contributed by atoms with E-state index in [1.807, 2.05) is 18.2 Å². The molecule has 0 aromatic heterocycles. The summed E-state index contributed by atoms with van der Waals surface area (Å²) >= 11 is 6.12. The van der Waals surface area contributed by atoms with E-state index in [2.05, 4.69) is 45.0 Å². The van der Waals surface area contributed by atoms with Crippen molar-refractivity contribution in [2.24, 2.45) is 11.8 Å². The van der Waals surface area contributed by atoms with Crippen molar-refractivity contribution in [2.75, 3.05) is 13.2 Å². The van der Waals surface area contributed by atoms with Crippen molar-refractivity contribution in [2.45, 2.75) is 82.9 Å².